The number of amides is 1. The highest BCUT2D eigenvalue weighted by atomic mass is 32.1. The molecule has 0 bridgehead atoms. The van der Waals surface area contributed by atoms with E-state index in [1.165, 1.54) is 17.0 Å². The lowest BCUT2D eigenvalue weighted by Crippen LogP contribution is -2.53. The monoisotopic (exact) mass is 424 g/mol. The molecule has 0 unspecified atom stereocenters. The van der Waals surface area contributed by atoms with Gasteiger partial charge in [-0.3, -0.25) is 9.69 Å². The third-order valence-electron chi connectivity index (χ3n) is 5.79. The van der Waals surface area contributed by atoms with Gasteiger partial charge in [-0.25, -0.2) is 0 Å². The molecule has 2 aromatic rings. The molecule has 3 rings (SSSR count). The fourth-order valence-electron chi connectivity index (χ4n) is 4.19. The maximum atomic E-state index is 13.0. The first-order chi connectivity index (χ1) is 13.8. The first kappa shape index (κ1) is 21.8. The molecule has 2 atom stereocenters. The standard InChI is InChI=1S/C22H27F3N2OS/c1-3-27(15-18-7-6-14-29-18)20-9-5-4-8-19(20)26(2)21(28)16-10-12-17(13-11-16)22(23,24)25/h6-7,10-14,19-20H,3-5,8-9,15H2,1-2H3/t19-,20-/m1/s1. The molecule has 1 saturated carbocycles. The largest absolute Gasteiger partial charge is 0.416 e. The Kier molecular flexibility index (Phi) is 7.01. The molecular formula is C22H27F3N2OS. The first-order valence-electron chi connectivity index (χ1n) is 10.0. The Balaban J connectivity index is 1.75. The Morgan fingerprint density at radius 3 is 2.31 bits per heavy atom. The minimum atomic E-state index is -4.40. The van der Waals surface area contributed by atoms with Gasteiger partial charge in [0.05, 0.1) is 5.56 Å². The summed E-state index contributed by atoms with van der Waals surface area (Å²) in [6, 6.07) is 9.00. The number of hydrogen-bond acceptors (Lipinski definition) is 3. The van der Waals surface area contributed by atoms with Crippen molar-refractivity contribution >= 4 is 17.2 Å². The normalized spacial score (nSPS) is 20.1. The van der Waals surface area contributed by atoms with Gasteiger partial charge in [0.25, 0.3) is 5.91 Å². The number of likely N-dealkylation sites (N-methyl/N-ethyl adjacent to an activating group) is 2. The molecule has 1 aliphatic rings. The molecule has 1 aliphatic carbocycles. The summed E-state index contributed by atoms with van der Waals surface area (Å²) < 4.78 is 38.4. The van der Waals surface area contributed by atoms with Crippen LogP contribution in [-0.4, -0.2) is 41.4 Å². The van der Waals surface area contributed by atoms with Gasteiger partial charge in [0, 0.05) is 36.1 Å². The van der Waals surface area contributed by atoms with Crippen LogP contribution >= 0.6 is 11.3 Å². The van der Waals surface area contributed by atoms with Crippen molar-refractivity contribution in [3.8, 4) is 0 Å². The van der Waals surface area contributed by atoms with Crippen molar-refractivity contribution in [3.63, 3.8) is 0 Å². The molecule has 0 spiro atoms. The van der Waals surface area contributed by atoms with Crippen LogP contribution in [0.5, 0.6) is 0 Å². The average Bonchev–Trinajstić information content (AvgIpc) is 3.23. The Morgan fingerprint density at radius 1 is 1.10 bits per heavy atom. The zero-order valence-electron chi connectivity index (χ0n) is 16.8. The maximum Gasteiger partial charge on any atom is 0.416 e. The van der Waals surface area contributed by atoms with Crippen LogP contribution in [0.3, 0.4) is 0 Å². The molecule has 29 heavy (non-hydrogen) atoms. The lowest BCUT2D eigenvalue weighted by Gasteiger charge is -2.43. The summed E-state index contributed by atoms with van der Waals surface area (Å²) in [7, 11) is 1.78. The highest BCUT2D eigenvalue weighted by Gasteiger charge is 2.35. The highest BCUT2D eigenvalue weighted by Crippen LogP contribution is 2.31. The van der Waals surface area contributed by atoms with Crippen molar-refractivity contribution in [1.29, 1.82) is 0 Å². The summed E-state index contributed by atoms with van der Waals surface area (Å²) in [6.45, 7) is 3.88. The summed E-state index contributed by atoms with van der Waals surface area (Å²) in [6.07, 6.45) is -0.277. The lowest BCUT2D eigenvalue weighted by atomic mass is 9.87. The van der Waals surface area contributed by atoms with Crippen LogP contribution in [0.1, 0.15) is 53.4 Å². The van der Waals surface area contributed by atoms with E-state index >= 15 is 0 Å². The van der Waals surface area contributed by atoms with Crippen LogP contribution < -0.4 is 0 Å². The molecule has 3 nitrogen and oxygen atoms in total. The van der Waals surface area contributed by atoms with Gasteiger partial charge in [-0.1, -0.05) is 25.8 Å². The van der Waals surface area contributed by atoms with E-state index in [1.807, 2.05) is 6.07 Å². The molecule has 1 aromatic heterocycles. The van der Waals surface area contributed by atoms with Crippen LogP contribution in [0.15, 0.2) is 41.8 Å². The van der Waals surface area contributed by atoms with Crippen molar-refractivity contribution in [1.82, 2.24) is 9.80 Å². The molecule has 0 saturated heterocycles. The Morgan fingerprint density at radius 2 is 1.76 bits per heavy atom. The number of thiophene rings is 1. The van der Waals surface area contributed by atoms with E-state index in [4.69, 9.17) is 0 Å². The van der Waals surface area contributed by atoms with Gasteiger partial charge < -0.3 is 4.90 Å². The van der Waals surface area contributed by atoms with Gasteiger partial charge >= 0.3 is 6.18 Å². The van der Waals surface area contributed by atoms with E-state index in [9.17, 15) is 18.0 Å². The fraction of sp³-hybridized carbons (Fsp3) is 0.500. The van der Waals surface area contributed by atoms with Crippen LogP contribution in [0, 0.1) is 0 Å². The minimum Gasteiger partial charge on any atom is -0.337 e. The van der Waals surface area contributed by atoms with Crippen molar-refractivity contribution < 1.29 is 18.0 Å². The molecule has 7 heteroatoms. The SMILES string of the molecule is CCN(Cc1cccs1)[C@@H]1CCCC[C@H]1N(C)C(=O)c1ccc(C(F)(F)F)cc1. The zero-order chi connectivity index (χ0) is 21.0. The van der Waals surface area contributed by atoms with Crippen molar-refractivity contribution in [2.45, 2.75) is 57.4 Å². The third kappa shape index (κ3) is 5.20. The van der Waals surface area contributed by atoms with E-state index in [-0.39, 0.29) is 18.0 Å². The second kappa shape index (κ2) is 9.30. The number of benzene rings is 1. The van der Waals surface area contributed by atoms with E-state index in [0.717, 1.165) is 50.9 Å². The number of alkyl halides is 3. The lowest BCUT2D eigenvalue weighted by molar-refractivity contribution is -0.137. The number of rotatable bonds is 6. The number of halogens is 3. The third-order valence-corrected chi connectivity index (χ3v) is 6.65. The summed E-state index contributed by atoms with van der Waals surface area (Å²) in [5, 5.41) is 2.07. The molecule has 1 fully saturated rings. The molecule has 1 aromatic carbocycles. The number of nitrogens with zero attached hydrogens (tertiary/aromatic N) is 2. The van der Waals surface area contributed by atoms with Crippen molar-refractivity contribution in [2.24, 2.45) is 0 Å². The summed E-state index contributed by atoms with van der Waals surface area (Å²) in [5.74, 6) is -0.220. The molecule has 1 amide bonds. The van der Waals surface area contributed by atoms with E-state index in [2.05, 4.69) is 23.3 Å². The Hall–Kier alpha value is -1.86. The van der Waals surface area contributed by atoms with Gasteiger partial charge in [0.2, 0.25) is 0 Å². The molecule has 0 N–H and O–H groups in total. The molecule has 158 valence electrons. The van der Waals surface area contributed by atoms with Crippen molar-refractivity contribution in [3.05, 3.63) is 57.8 Å². The number of carbonyl (C=O) groups is 1. The maximum absolute atomic E-state index is 13.0. The molecular weight excluding hydrogens is 397 g/mol. The Bertz CT molecular complexity index is 789. The van der Waals surface area contributed by atoms with Crippen LogP contribution in [-0.2, 0) is 12.7 Å². The summed E-state index contributed by atoms with van der Waals surface area (Å²) in [4.78, 5) is 18.5. The van der Waals surface area contributed by atoms with Crippen LogP contribution in [0.2, 0.25) is 0 Å². The number of carbonyl (C=O) groups excluding carboxylic acids is 1. The van der Waals surface area contributed by atoms with E-state index in [1.54, 1.807) is 23.3 Å². The van der Waals surface area contributed by atoms with Crippen molar-refractivity contribution in [2.75, 3.05) is 13.6 Å². The molecule has 0 radical (unpaired) electrons. The van der Waals surface area contributed by atoms with E-state index in [0.29, 0.717) is 5.56 Å². The van der Waals surface area contributed by atoms with Gasteiger partial charge in [-0.15, -0.1) is 11.3 Å². The fourth-order valence-corrected chi connectivity index (χ4v) is 4.92. The summed E-state index contributed by atoms with van der Waals surface area (Å²) >= 11 is 1.73. The smallest absolute Gasteiger partial charge is 0.337 e. The summed E-state index contributed by atoms with van der Waals surface area (Å²) in [5.41, 5.74) is -0.438. The average molecular weight is 425 g/mol. The quantitative estimate of drug-likeness (QED) is 0.596. The second-order valence-corrected chi connectivity index (χ2v) is 8.59. The molecule has 1 heterocycles. The van der Waals surface area contributed by atoms with Gasteiger partial charge in [0.15, 0.2) is 0 Å². The molecule has 0 aliphatic heterocycles. The predicted octanol–water partition coefficient (Wildman–Crippen LogP) is 5.67. The topological polar surface area (TPSA) is 23.6 Å². The Labute approximate surface area is 174 Å². The zero-order valence-corrected chi connectivity index (χ0v) is 17.6. The van der Waals surface area contributed by atoms with Gasteiger partial charge in [-0.05, 0) is 55.1 Å². The first-order valence-corrected chi connectivity index (χ1v) is 10.9. The predicted molar refractivity (Wildman–Crippen MR) is 110 cm³/mol. The van der Waals surface area contributed by atoms with Crippen LogP contribution in [0.25, 0.3) is 0 Å². The number of hydrogen-bond donors (Lipinski definition) is 0. The van der Waals surface area contributed by atoms with E-state index < -0.39 is 11.7 Å². The van der Waals surface area contributed by atoms with Gasteiger partial charge in [-0.2, -0.15) is 13.2 Å². The highest BCUT2D eigenvalue weighted by molar-refractivity contribution is 7.09. The van der Waals surface area contributed by atoms with Crippen LogP contribution in [0.4, 0.5) is 13.2 Å². The minimum absolute atomic E-state index is 0.0541. The second-order valence-electron chi connectivity index (χ2n) is 7.55. The van der Waals surface area contributed by atoms with Gasteiger partial charge in [0.1, 0.15) is 0 Å².